The topological polar surface area (TPSA) is 77.5 Å². The predicted octanol–water partition coefficient (Wildman–Crippen LogP) is 2.76. The van der Waals surface area contributed by atoms with Gasteiger partial charge in [0.15, 0.2) is 5.78 Å². The second kappa shape index (κ2) is 16.3. The Kier molecular flexibility index (Phi) is 14.4. The van der Waals surface area contributed by atoms with Gasteiger partial charge in [-0.1, -0.05) is 42.9 Å². The van der Waals surface area contributed by atoms with Crippen LogP contribution in [0.1, 0.15) is 39.0 Å². The highest BCUT2D eigenvalue weighted by molar-refractivity contribution is 5.96. The van der Waals surface area contributed by atoms with Crippen molar-refractivity contribution in [1.29, 1.82) is 0 Å². The first-order chi connectivity index (χ1) is 13.0. The van der Waals surface area contributed by atoms with Crippen LogP contribution in [0.3, 0.4) is 0 Å². The molecule has 0 saturated heterocycles. The summed E-state index contributed by atoms with van der Waals surface area (Å²) in [7, 11) is 1.30. The van der Waals surface area contributed by atoms with Crippen LogP contribution >= 0.6 is 0 Å². The molecule has 0 aromatic heterocycles. The fourth-order valence-corrected chi connectivity index (χ4v) is 1.65. The van der Waals surface area contributed by atoms with Gasteiger partial charge in [-0.3, -0.25) is 14.4 Å². The van der Waals surface area contributed by atoms with E-state index < -0.39 is 0 Å². The zero-order chi connectivity index (χ0) is 20.3. The molecular weight excluding hydrogens is 344 g/mol. The van der Waals surface area contributed by atoms with E-state index in [0.717, 1.165) is 12.7 Å². The first-order valence-corrected chi connectivity index (χ1v) is 8.61. The molecule has 0 aliphatic carbocycles. The van der Waals surface area contributed by atoms with Crippen LogP contribution < -0.4 is 0 Å². The molecule has 0 rings (SSSR count). The van der Waals surface area contributed by atoms with Gasteiger partial charge in [0.1, 0.15) is 6.29 Å². The molecule has 0 N–H and O–H groups in total. The summed E-state index contributed by atoms with van der Waals surface area (Å²) in [6.07, 6.45) is 11.6. The summed E-state index contributed by atoms with van der Waals surface area (Å²) in [6.45, 7) is 1.91. The second-order valence-corrected chi connectivity index (χ2v) is 5.37. The SMILES string of the molecule is CCC(C=O)/C=C/C#CCC(=O)/C=C/C=C/C#CC(=O)CCCC(=O)OC. The zero-order valence-corrected chi connectivity index (χ0v) is 15.7. The molecular formula is C22H24O5. The lowest BCUT2D eigenvalue weighted by Crippen LogP contribution is -2.01. The number of allylic oxidation sites excluding steroid dienone is 6. The first-order valence-electron chi connectivity index (χ1n) is 8.61. The number of rotatable bonds is 10. The summed E-state index contributed by atoms with van der Waals surface area (Å²) in [5.41, 5.74) is 0. The standard InChI is InChI=1S/C22H24O5/c1-3-19(18-23)12-7-6-10-15-20(24)13-8-4-5-9-14-21(25)16-11-17-22(26)27-2/h4-5,7-8,12-13,18-19H,3,11,15-17H2,1-2H3/b5-4+,12-7+,13-8+. The van der Waals surface area contributed by atoms with Gasteiger partial charge >= 0.3 is 5.97 Å². The fourth-order valence-electron chi connectivity index (χ4n) is 1.65. The van der Waals surface area contributed by atoms with E-state index in [2.05, 4.69) is 28.4 Å². The minimum absolute atomic E-state index is 0.0803. The number of carbonyl (C=O) groups excluding carboxylic acids is 4. The molecule has 0 bridgehead atoms. The zero-order valence-electron chi connectivity index (χ0n) is 15.7. The maximum Gasteiger partial charge on any atom is 0.305 e. The molecule has 0 spiro atoms. The highest BCUT2D eigenvalue weighted by Gasteiger charge is 2.02. The number of hydrogen-bond donors (Lipinski definition) is 0. The Morgan fingerprint density at radius 1 is 1.07 bits per heavy atom. The van der Waals surface area contributed by atoms with E-state index in [1.54, 1.807) is 18.2 Å². The summed E-state index contributed by atoms with van der Waals surface area (Å²) in [5.74, 6) is 9.51. The number of Topliss-reactive ketones (excluding diaryl/α,β-unsaturated/α-hetero) is 1. The quantitative estimate of drug-likeness (QED) is 0.148. The van der Waals surface area contributed by atoms with E-state index >= 15 is 0 Å². The maximum absolute atomic E-state index is 11.6. The predicted molar refractivity (Wildman–Crippen MR) is 103 cm³/mol. The van der Waals surface area contributed by atoms with Crippen LogP contribution in [-0.4, -0.2) is 30.9 Å². The van der Waals surface area contributed by atoms with Gasteiger partial charge in [-0.05, 0) is 37.0 Å². The van der Waals surface area contributed by atoms with Crippen LogP contribution in [0.15, 0.2) is 36.5 Å². The summed E-state index contributed by atoms with van der Waals surface area (Å²) in [6, 6.07) is 0. The summed E-state index contributed by atoms with van der Waals surface area (Å²) in [5, 5.41) is 0. The highest BCUT2D eigenvalue weighted by atomic mass is 16.5. The normalized spacial score (nSPS) is 11.5. The van der Waals surface area contributed by atoms with Crippen LogP contribution in [-0.2, 0) is 23.9 Å². The van der Waals surface area contributed by atoms with Crippen molar-refractivity contribution in [2.75, 3.05) is 7.11 Å². The smallest absolute Gasteiger partial charge is 0.305 e. The Hall–Kier alpha value is -3.18. The molecule has 5 heteroatoms. The number of ether oxygens (including phenoxy) is 1. The van der Waals surface area contributed by atoms with E-state index in [9.17, 15) is 19.2 Å². The molecule has 0 saturated carbocycles. The lowest BCUT2D eigenvalue weighted by Gasteiger charge is -1.95. The maximum atomic E-state index is 11.6. The lowest BCUT2D eigenvalue weighted by molar-refractivity contribution is -0.140. The number of carbonyl (C=O) groups is 4. The Bertz CT molecular complexity index is 717. The molecule has 0 amide bonds. The van der Waals surface area contributed by atoms with Gasteiger partial charge in [-0.2, -0.15) is 0 Å². The van der Waals surface area contributed by atoms with Gasteiger partial charge < -0.3 is 9.53 Å². The molecule has 0 radical (unpaired) electrons. The van der Waals surface area contributed by atoms with Gasteiger partial charge in [-0.25, -0.2) is 0 Å². The minimum Gasteiger partial charge on any atom is -0.469 e. The largest absolute Gasteiger partial charge is 0.469 e. The third-order valence-corrected chi connectivity index (χ3v) is 3.23. The van der Waals surface area contributed by atoms with Crippen molar-refractivity contribution < 1.29 is 23.9 Å². The van der Waals surface area contributed by atoms with E-state index in [1.165, 1.54) is 25.3 Å². The lowest BCUT2D eigenvalue weighted by atomic mass is 10.1. The third kappa shape index (κ3) is 14.8. The van der Waals surface area contributed by atoms with Crippen molar-refractivity contribution in [3.8, 4) is 23.7 Å². The molecule has 1 atom stereocenters. The van der Waals surface area contributed by atoms with Gasteiger partial charge in [0.2, 0.25) is 5.78 Å². The average molecular weight is 368 g/mol. The van der Waals surface area contributed by atoms with Crippen molar-refractivity contribution in [1.82, 2.24) is 0 Å². The average Bonchev–Trinajstić information content (AvgIpc) is 2.67. The van der Waals surface area contributed by atoms with Gasteiger partial charge in [0.05, 0.1) is 13.5 Å². The van der Waals surface area contributed by atoms with Crippen LogP contribution in [0.2, 0.25) is 0 Å². The molecule has 0 aromatic rings. The minimum atomic E-state index is -0.350. The molecule has 0 fully saturated rings. The van der Waals surface area contributed by atoms with E-state index in [0.29, 0.717) is 6.42 Å². The molecule has 142 valence electrons. The molecule has 0 aliphatic heterocycles. The van der Waals surface area contributed by atoms with E-state index in [1.807, 2.05) is 6.92 Å². The number of ketones is 2. The van der Waals surface area contributed by atoms with Crippen molar-refractivity contribution in [2.24, 2.45) is 5.92 Å². The molecule has 27 heavy (non-hydrogen) atoms. The molecule has 1 unspecified atom stereocenters. The van der Waals surface area contributed by atoms with Gasteiger partial charge in [0, 0.05) is 18.8 Å². The Morgan fingerprint density at radius 3 is 2.52 bits per heavy atom. The molecule has 0 heterocycles. The van der Waals surface area contributed by atoms with Gasteiger partial charge in [-0.15, -0.1) is 0 Å². The Balaban J connectivity index is 4.14. The number of methoxy groups -OCH3 is 1. The van der Waals surface area contributed by atoms with Crippen molar-refractivity contribution in [3.63, 3.8) is 0 Å². The van der Waals surface area contributed by atoms with Crippen LogP contribution in [0.25, 0.3) is 0 Å². The van der Waals surface area contributed by atoms with Crippen LogP contribution in [0.5, 0.6) is 0 Å². The first kappa shape index (κ1) is 23.8. The van der Waals surface area contributed by atoms with Crippen molar-refractivity contribution in [2.45, 2.75) is 39.0 Å². The molecule has 5 nitrogen and oxygen atoms in total. The van der Waals surface area contributed by atoms with Crippen molar-refractivity contribution in [3.05, 3.63) is 36.5 Å². The van der Waals surface area contributed by atoms with E-state index in [4.69, 9.17) is 0 Å². The summed E-state index contributed by atoms with van der Waals surface area (Å²) >= 11 is 0. The highest BCUT2D eigenvalue weighted by Crippen LogP contribution is 1.99. The summed E-state index contributed by atoms with van der Waals surface area (Å²) in [4.78, 5) is 44.5. The number of aldehydes is 1. The van der Waals surface area contributed by atoms with Crippen LogP contribution in [0, 0.1) is 29.6 Å². The third-order valence-electron chi connectivity index (χ3n) is 3.23. The fraction of sp³-hybridized carbons (Fsp3) is 0.364. The summed E-state index contributed by atoms with van der Waals surface area (Å²) < 4.78 is 4.48. The monoisotopic (exact) mass is 368 g/mol. The number of esters is 1. The van der Waals surface area contributed by atoms with Crippen molar-refractivity contribution >= 4 is 23.8 Å². The van der Waals surface area contributed by atoms with E-state index in [-0.39, 0.29) is 42.7 Å². The number of hydrogen-bond acceptors (Lipinski definition) is 5. The van der Waals surface area contributed by atoms with Crippen LogP contribution in [0.4, 0.5) is 0 Å². The molecule has 0 aliphatic rings. The Morgan fingerprint density at radius 2 is 1.85 bits per heavy atom. The van der Waals surface area contributed by atoms with Gasteiger partial charge in [0.25, 0.3) is 0 Å². The second-order valence-electron chi connectivity index (χ2n) is 5.37. The molecule has 0 aromatic carbocycles. The Labute approximate surface area is 160 Å².